The topological polar surface area (TPSA) is 56.0 Å². The van der Waals surface area contributed by atoms with Gasteiger partial charge in [0, 0.05) is 18.2 Å². The van der Waals surface area contributed by atoms with Gasteiger partial charge in [-0.05, 0) is 18.2 Å². The van der Waals surface area contributed by atoms with E-state index in [2.05, 4.69) is 5.32 Å². The maximum absolute atomic E-state index is 13.3. The van der Waals surface area contributed by atoms with Crippen molar-refractivity contribution >= 4 is 11.6 Å². The average Bonchev–Trinajstić information content (AvgIpc) is 2.33. The van der Waals surface area contributed by atoms with E-state index in [9.17, 15) is 18.8 Å². The van der Waals surface area contributed by atoms with E-state index < -0.39 is 17.5 Å². The molecule has 2 rings (SSSR count). The Morgan fingerprint density at radius 3 is 2.67 bits per heavy atom. The Bertz CT molecular complexity index is 602. The second-order valence-corrected chi connectivity index (χ2v) is 3.49. The van der Waals surface area contributed by atoms with Gasteiger partial charge in [-0.3, -0.25) is 4.79 Å². The van der Waals surface area contributed by atoms with E-state index in [0.29, 0.717) is 10.8 Å². The number of rotatable bonds is 2. The molecule has 0 saturated carbocycles. The van der Waals surface area contributed by atoms with Crippen molar-refractivity contribution in [3.63, 3.8) is 0 Å². The summed E-state index contributed by atoms with van der Waals surface area (Å²) in [5.41, 5.74) is -0.369. The van der Waals surface area contributed by atoms with E-state index in [1.54, 1.807) is 0 Å². The number of hydrogen-bond acceptors (Lipinski definition) is 2. The summed E-state index contributed by atoms with van der Waals surface area (Å²) in [5, 5.41) is 13.5. The van der Waals surface area contributed by atoms with Gasteiger partial charge in [-0.2, -0.15) is 4.73 Å². The second-order valence-electron chi connectivity index (χ2n) is 3.49. The highest BCUT2D eigenvalue weighted by molar-refractivity contribution is 6.01. The Morgan fingerprint density at radius 2 is 2.00 bits per heavy atom. The molecule has 0 bridgehead atoms. The fourth-order valence-corrected chi connectivity index (χ4v) is 1.38. The first kappa shape index (κ1) is 12.0. The Labute approximate surface area is 101 Å². The molecule has 0 unspecified atom stereocenters. The molecule has 0 radical (unpaired) electrons. The van der Waals surface area contributed by atoms with Crippen molar-refractivity contribution in [3.8, 4) is 0 Å². The standard InChI is InChI=1S/C12H8F2N2O2/c13-8-4-5-10(9(14)7-8)15-12(17)11-3-1-2-6-16(11)18/h1-7H,(H,15,17). The predicted octanol–water partition coefficient (Wildman–Crippen LogP) is 1.85. The minimum Gasteiger partial charge on any atom is -0.618 e. The van der Waals surface area contributed by atoms with Gasteiger partial charge in [-0.25, -0.2) is 8.78 Å². The van der Waals surface area contributed by atoms with Gasteiger partial charge >= 0.3 is 5.91 Å². The lowest BCUT2D eigenvalue weighted by Gasteiger charge is -2.06. The van der Waals surface area contributed by atoms with Crippen LogP contribution in [0.5, 0.6) is 0 Å². The third-order valence-corrected chi connectivity index (χ3v) is 2.24. The smallest absolute Gasteiger partial charge is 0.321 e. The largest absolute Gasteiger partial charge is 0.618 e. The molecule has 2 aromatic rings. The molecule has 0 aliphatic heterocycles. The van der Waals surface area contributed by atoms with Crippen LogP contribution in [-0.2, 0) is 0 Å². The Hall–Kier alpha value is -2.50. The van der Waals surface area contributed by atoms with Crippen LogP contribution in [0.4, 0.5) is 14.5 Å². The molecule has 1 aromatic heterocycles. The van der Waals surface area contributed by atoms with Crippen LogP contribution in [0.25, 0.3) is 0 Å². The number of anilines is 1. The number of carbonyl (C=O) groups excluding carboxylic acids is 1. The quantitative estimate of drug-likeness (QED) is 0.653. The zero-order chi connectivity index (χ0) is 13.1. The second kappa shape index (κ2) is 4.79. The molecular formula is C12H8F2N2O2. The van der Waals surface area contributed by atoms with Crippen molar-refractivity contribution in [3.05, 3.63) is 65.1 Å². The lowest BCUT2D eigenvalue weighted by molar-refractivity contribution is -0.607. The maximum atomic E-state index is 13.3. The Kier molecular flexibility index (Phi) is 3.18. The third-order valence-electron chi connectivity index (χ3n) is 2.24. The summed E-state index contributed by atoms with van der Waals surface area (Å²) in [4.78, 5) is 11.7. The van der Waals surface area contributed by atoms with Crippen molar-refractivity contribution in [1.29, 1.82) is 0 Å². The lowest BCUT2D eigenvalue weighted by Crippen LogP contribution is -2.36. The van der Waals surface area contributed by atoms with Gasteiger partial charge in [-0.1, -0.05) is 0 Å². The van der Waals surface area contributed by atoms with Gasteiger partial charge in [0.25, 0.3) is 5.69 Å². The van der Waals surface area contributed by atoms with Crippen molar-refractivity contribution in [1.82, 2.24) is 0 Å². The Morgan fingerprint density at radius 1 is 1.22 bits per heavy atom. The number of pyridine rings is 1. The number of halogens is 2. The van der Waals surface area contributed by atoms with Crippen LogP contribution in [0.3, 0.4) is 0 Å². The van der Waals surface area contributed by atoms with Gasteiger partial charge in [-0.15, -0.1) is 0 Å². The van der Waals surface area contributed by atoms with Crippen molar-refractivity contribution in [2.75, 3.05) is 5.32 Å². The van der Waals surface area contributed by atoms with Crippen LogP contribution in [0, 0.1) is 16.8 Å². The number of hydrogen-bond donors (Lipinski definition) is 1. The highest BCUT2D eigenvalue weighted by atomic mass is 19.1. The minimum atomic E-state index is -0.906. The molecule has 4 nitrogen and oxygen atoms in total. The summed E-state index contributed by atoms with van der Waals surface area (Å²) in [6.45, 7) is 0. The molecule has 1 heterocycles. The van der Waals surface area contributed by atoms with Crippen molar-refractivity contribution < 1.29 is 18.3 Å². The first-order chi connectivity index (χ1) is 8.58. The monoisotopic (exact) mass is 250 g/mol. The molecule has 0 spiro atoms. The van der Waals surface area contributed by atoms with Gasteiger partial charge in [0.2, 0.25) is 0 Å². The van der Waals surface area contributed by atoms with Crippen LogP contribution in [0.2, 0.25) is 0 Å². The normalized spacial score (nSPS) is 10.1. The number of amides is 1. The fourth-order valence-electron chi connectivity index (χ4n) is 1.38. The van der Waals surface area contributed by atoms with Crippen LogP contribution in [0.1, 0.15) is 10.5 Å². The number of nitrogens with zero attached hydrogens (tertiary/aromatic N) is 1. The lowest BCUT2D eigenvalue weighted by atomic mass is 10.2. The average molecular weight is 250 g/mol. The first-order valence-corrected chi connectivity index (χ1v) is 5.02. The summed E-state index contributed by atoms with van der Waals surface area (Å²) < 4.78 is 26.3. The first-order valence-electron chi connectivity index (χ1n) is 5.02. The fraction of sp³-hybridized carbons (Fsp3) is 0. The minimum absolute atomic E-state index is 0.179. The third kappa shape index (κ3) is 2.42. The number of aromatic nitrogens is 1. The highest BCUT2D eigenvalue weighted by Crippen LogP contribution is 2.15. The molecular weight excluding hydrogens is 242 g/mol. The van der Waals surface area contributed by atoms with E-state index in [-0.39, 0.29) is 11.4 Å². The van der Waals surface area contributed by atoms with Crippen LogP contribution in [-0.4, -0.2) is 5.91 Å². The van der Waals surface area contributed by atoms with Crippen LogP contribution < -0.4 is 10.0 Å². The molecule has 92 valence electrons. The van der Waals surface area contributed by atoms with Crippen LogP contribution >= 0.6 is 0 Å². The summed E-state index contributed by atoms with van der Waals surface area (Å²) in [7, 11) is 0. The van der Waals surface area contributed by atoms with E-state index in [1.807, 2.05) is 0 Å². The predicted molar refractivity (Wildman–Crippen MR) is 59.7 cm³/mol. The Balaban J connectivity index is 2.24. The van der Waals surface area contributed by atoms with Crippen molar-refractivity contribution in [2.45, 2.75) is 0 Å². The molecule has 18 heavy (non-hydrogen) atoms. The summed E-state index contributed by atoms with van der Waals surface area (Å²) in [6.07, 6.45) is 1.15. The highest BCUT2D eigenvalue weighted by Gasteiger charge is 2.16. The molecule has 1 amide bonds. The molecule has 0 saturated heterocycles. The molecule has 0 aliphatic carbocycles. The van der Waals surface area contributed by atoms with Crippen LogP contribution in [0.15, 0.2) is 42.6 Å². The van der Waals surface area contributed by atoms with Gasteiger partial charge in [0.15, 0.2) is 6.20 Å². The van der Waals surface area contributed by atoms with E-state index in [4.69, 9.17) is 0 Å². The molecule has 0 aliphatic rings. The molecule has 1 N–H and O–H groups in total. The summed E-state index contributed by atoms with van der Waals surface area (Å²) >= 11 is 0. The van der Waals surface area contributed by atoms with E-state index in [1.165, 1.54) is 18.2 Å². The molecule has 1 aromatic carbocycles. The molecule has 0 fully saturated rings. The van der Waals surface area contributed by atoms with Gasteiger partial charge < -0.3 is 10.5 Å². The molecule has 0 atom stereocenters. The molecule has 6 heteroatoms. The van der Waals surface area contributed by atoms with E-state index >= 15 is 0 Å². The number of carbonyl (C=O) groups is 1. The SMILES string of the molecule is O=C(Nc1ccc(F)cc1F)c1cccc[n+]1[O-]. The zero-order valence-electron chi connectivity index (χ0n) is 9.06. The van der Waals surface area contributed by atoms with E-state index in [0.717, 1.165) is 18.3 Å². The number of benzene rings is 1. The van der Waals surface area contributed by atoms with Gasteiger partial charge in [0.05, 0.1) is 5.69 Å². The number of nitrogens with one attached hydrogen (secondary N) is 1. The van der Waals surface area contributed by atoms with Gasteiger partial charge in [0.1, 0.15) is 11.6 Å². The summed E-state index contributed by atoms with van der Waals surface area (Å²) in [5.74, 6) is -2.42. The summed E-state index contributed by atoms with van der Waals surface area (Å²) in [6, 6.07) is 7.00. The zero-order valence-corrected chi connectivity index (χ0v) is 9.06. The van der Waals surface area contributed by atoms with Crippen molar-refractivity contribution in [2.24, 2.45) is 0 Å². The maximum Gasteiger partial charge on any atom is 0.321 e.